The van der Waals surface area contributed by atoms with Crippen LogP contribution in [0.5, 0.6) is 0 Å². The minimum Gasteiger partial charge on any atom is -0.391 e. The largest absolute Gasteiger partial charge is 0.391 e. The summed E-state index contributed by atoms with van der Waals surface area (Å²) in [5.41, 5.74) is 1.92. The number of aliphatic hydroxyl groups excluding tert-OH is 1. The zero-order valence-electron chi connectivity index (χ0n) is 15.8. The first-order valence-electron chi connectivity index (χ1n) is 9.93. The van der Waals surface area contributed by atoms with Gasteiger partial charge in [0, 0.05) is 31.0 Å². The lowest BCUT2D eigenvalue weighted by atomic mass is 10.1. The van der Waals surface area contributed by atoms with Crippen LogP contribution < -0.4 is 10.2 Å². The first-order valence-corrected chi connectivity index (χ1v) is 9.93. The fraction of sp³-hybridized carbons (Fsp3) is 0.476. The summed E-state index contributed by atoms with van der Waals surface area (Å²) in [6.07, 6.45) is 6.49. The summed E-state index contributed by atoms with van der Waals surface area (Å²) in [7, 11) is 0. The van der Waals surface area contributed by atoms with Crippen LogP contribution in [0.15, 0.2) is 42.7 Å². The van der Waals surface area contributed by atoms with Gasteiger partial charge in [-0.2, -0.15) is 5.10 Å². The highest BCUT2D eigenvalue weighted by molar-refractivity contribution is 5.99. The van der Waals surface area contributed by atoms with Crippen LogP contribution in [0.4, 0.5) is 5.69 Å². The Kier molecular flexibility index (Phi) is 5.43. The van der Waals surface area contributed by atoms with Crippen LogP contribution in [0, 0.1) is 5.92 Å². The van der Waals surface area contributed by atoms with Gasteiger partial charge in [-0.25, -0.2) is 0 Å². The van der Waals surface area contributed by atoms with Gasteiger partial charge in [-0.3, -0.25) is 14.3 Å². The third-order valence-electron chi connectivity index (χ3n) is 5.70. The van der Waals surface area contributed by atoms with Crippen LogP contribution in [-0.4, -0.2) is 45.4 Å². The summed E-state index contributed by atoms with van der Waals surface area (Å²) in [4.78, 5) is 26.8. The van der Waals surface area contributed by atoms with E-state index in [1.54, 1.807) is 11.1 Å². The van der Waals surface area contributed by atoms with Crippen molar-refractivity contribution in [3.8, 4) is 0 Å². The van der Waals surface area contributed by atoms with Gasteiger partial charge in [0.05, 0.1) is 12.1 Å². The Balaban J connectivity index is 1.38. The minimum atomic E-state index is -0.573. The Morgan fingerprint density at radius 3 is 2.89 bits per heavy atom. The van der Waals surface area contributed by atoms with Crippen molar-refractivity contribution in [2.45, 2.75) is 50.8 Å². The molecular formula is C21H26N4O3. The average molecular weight is 382 g/mol. The second-order valence-corrected chi connectivity index (χ2v) is 7.77. The molecule has 7 nitrogen and oxygen atoms in total. The number of nitrogens with one attached hydrogen (secondary N) is 1. The molecule has 2 heterocycles. The van der Waals surface area contributed by atoms with Crippen LogP contribution in [0.1, 0.15) is 31.2 Å². The molecule has 1 unspecified atom stereocenters. The number of hydrogen-bond acceptors (Lipinski definition) is 4. The third kappa shape index (κ3) is 4.09. The molecule has 1 aromatic heterocycles. The van der Waals surface area contributed by atoms with Gasteiger partial charge in [-0.05, 0) is 49.3 Å². The zero-order valence-corrected chi connectivity index (χ0v) is 15.8. The maximum Gasteiger partial charge on any atom is 0.240 e. The van der Waals surface area contributed by atoms with Crippen LogP contribution in [0.25, 0.3) is 0 Å². The van der Waals surface area contributed by atoms with Crippen molar-refractivity contribution in [2.75, 3.05) is 11.4 Å². The topological polar surface area (TPSA) is 87.5 Å². The molecule has 0 spiro atoms. The van der Waals surface area contributed by atoms with E-state index in [1.807, 2.05) is 41.2 Å². The zero-order chi connectivity index (χ0) is 19.5. The van der Waals surface area contributed by atoms with Crippen molar-refractivity contribution in [3.05, 3.63) is 48.3 Å². The van der Waals surface area contributed by atoms with E-state index in [4.69, 9.17) is 0 Å². The first-order chi connectivity index (χ1) is 13.6. The van der Waals surface area contributed by atoms with Crippen molar-refractivity contribution in [1.82, 2.24) is 15.1 Å². The molecule has 2 N–H and O–H groups in total. The van der Waals surface area contributed by atoms with Crippen LogP contribution >= 0.6 is 0 Å². The Morgan fingerprint density at radius 2 is 2.07 bits per heavy atom. The molecular weight excluding hydrogens is 356 g/mol. The number of anilines is 1. The molecule has 0 bridgehead atoms. The number of hydrogen-bond donors (Lipinski definition) is 2. The molecule has 1 saturated carbocycles. The van der Waals surface area contributed by atoms with E-state index in [2.05, 4.69) is 10.4 Å². The lowest BCUT2D eigenvalue weighted by Crippen LogP contribution is -2.46. The van der Waals surface area contributed by atoms with Gasteiger partial charge in [0.25, 0.3) is 0 Å². The van der Waals surface area contributed by atoms with Gasteiger partial charge in [-0.15, -0.1) is 0 Å². The number of para-hydroxylation sites is 1. The van der Waals surface area contributed by atoms with E-state index >= 15 is 0 Å². The number of rotatable bonds is 5. The standard InChI is InChI=1S/C21H26N4O3/c26-19-12-15(13-24-10-4-9-22-24)11-17(19)23-20(27)14-25-18-7-2-1-5-16(18)6-3-8-21(25)28/h1-2,4-5,7,9-10,15,17,19,26H,3,6,8,11-14H2,(H,23,27)/t15?,17-,19-/m1/s1. The van der Waals surface area contributed by atoms with Gasteiger partial charge < -0.3 is 15.3 Å². The van der Waals surface area contributed by atoms with Gasteiger partial charge in [0.15, 0.2) is 0 Å². The number of carbonyl (C=O) groups excluding carboxylic acids is 2. The third-order valence-corrected chi connectivity index (χ3v) is 5.70. The number of benzene rings is 1. The molecule has 4 rings (SSSR count). The maximum atomic E-state index is 12.7. The Hall–Kier alpha value is -2.67. The smallest absolute Gasteiger partial charge is 0.240 e. The fourth-order valence-corrected chi connectivity index (χ4v) is 4.35. The lowest BCUT2D eigenvalue weighted by molar-refractivity contribution is -0.124. The summed E-state index contributed by atoms with van der Waals surface area (Å²) in [5, 5.41) is 17.5. The van der Waals surface area contributed by atoms with Crippen LogP contribution in [-0.2, 0) is 22.6 Å². The molecule has 1 fully saturated rings. The summed E-state index contributed by atoms with van der Waals surface area (Å²) >= 11 is 0. The van der Waals surface area contributed by atoms with Crippen molar-refractivity contribution in [3.63, 3.8) is 0 Å². The van der Waals surface area contributed by atoms with Gasteiger partial charge in [-0.1, -0.05) is 18.2 Å². The molecule has 28 heavy (non-hydrogen) atoms. The number of carbonyl (C=O) groups is 2. The molecule has 1 aliphatic carbocycles. The molecule has 0 saturated heterocycles. The Morgan fingerprint density at radius 1 is 1.21 bits per heavy atom. The summed E-state index contributed by atoms with van der Waals surface area (Å²) in [5.74, 6) is 0.0122. The van der Waals surface area contributed by atoms with Gasteiger partial charge >= 0.3 is 0 Å². The highest BCUT2D eigenvalue weighted by atomic mass is 16.3. The van der Waals surface area contributed by atoms with E-state index < -0.39 is 6.10 Å². The minimum absolute atomic E-state index is 0.0110. The van der Waals surface area contributed by atoms with E-state index in [9.17, 15) is 14.7 Å². The SMILES string of the molecule is O=C(CN1C(=O)CCCc2ccccc21)N[C@@H]1CC(Cn2cccn2)C[C@H]1O. The molecule has 2 aliphatic rings. The maximum absolute atomic E-state index is 12.7. The number of aryl methyl sites for hydroxylation is 1. The Labute approximate surface area is 164 Å². The van der Waals surface area contributed by atoms with Crippen LogP contribution in [0.2, 0.25) is 0 Å². The highest BCUT2D eigenvalue weighted by Gasteiger charge is 2.35. The second kappa shape index (κ2) is 8.14. The van der Waals surface area contributed by atoms with Crippen LogP contribution in [0.3, 0.4) is 0 Å². The molecule has 1 aliphatic heterocycles. The van der Waals surface area contributed by atoms with E-state index in [0.29, 0.717) is 19.3 Å². The van der Waals surface area contributed by atoms with E-state index in [-0.39, 0.29) is 30.3 Å². The molecule has 0 radical (unpaired) electrons. The number of amides is 2. The predicted octanol–water partition coefficient (Wildman–Crippen LogP) is 1.51. The highest BCUT2D eigenvalue weighted by Crippen LogP contribution is 2.28. The number of aromatic nitrogens is 2. The molecule has 3 atom stereocenters. The first kappa shape index (κ1) is 18.7. The van der Waals surface area contributed by atoms with Gasteiger partial charge in [0.2, 0.25) is 11.8 Å². The lowest BCUT2D eigenvalue weighted by Gasteiger charge is -2.24. The second-order valence-electron chi connectivity index (χ2n) is 7.77. The van der Waals surface area contributed by atoms with Crippen molar-refractivity contribution < 1.29 is 14.7 Å². The summed E-state index contributed by atoms with van der Waals surface area (Å²) < 4.78 is 1.86. The van der Waals surface area contributed by atoms with Crippen molar-refractivity contribution in [2.24, 2.45) is 5.92 Å². The van der Waals surface area contributed by atoms with E-state index in [1.165, 1.54) is 0 Å². The summed E-state index contributed by atoms with van der Waals surface area (Å²) in [6.45, 7) is 0.720. The normalized spacial score (nSPS) is 24.7. The number of nitrogens with zero attached hydrogens (tertiary/aromatic N) is 3. The number of fused-ring (bicyclic) bond motifs is 1. The molecule has 2 aromatic rings. The van der Waals surface area contributed by atoms with Crippen molar-refractivity contribution in [1.29, 1.82) is 0 Å². The molecule has 148 valence electrons. The molecule has 7 heteroatoms. The monoisotopic (exact) mass is 382 g/mol. The van der Waals surface area contributed by atoms with E-state index in [0.717, 1.165) is 30.6 Å². The van der Waals surface area contributed by atoms with Gasteiger partial charge in [0.1, 0.15) is 6.54 Å². The Bertz CT molecular complexity index is 836. The fourth-order valence-electron chi connectivity index (χ4n) is 4.35. The van der Waals surface area contributed by atoms with Crippen molar-refractivity contribution >= 4 is 17.5 Å². The number of aliphatic hydroxyl groups is 1. The average Bonchev–Trinajstić information content (AvgIpc) is 3.26. The summed E-state index contributed by atoms with van der Waals surface area (Å²) in [6, 6.07) is 9.35. The molecule has 2 amide bonds. The quantitative estimate of drug-likeness (QED) is 0.821. The predicted molar refractivity (Wildman–Crippen MR) is 105 cm³/mol. The molecule has 1 aromatic carbocycles.